The summed E-state index contributed by atoms with van der Waals surface area (Å²) >= 11 is 0. The smallest absolute Gasteiger partial charge is 0.134 e. The fourth-order valence-corrected chi connectivity index (χ4v) is 3.04. The van der Waals surface area contributed by atoms with Crippen LogP contribution < -0.4 is 5.73 Å². The standard InChI is InChI=1S/C15H20N2O/c1-11-6-13(16)9-17(7-11)8-12-10-18-15-5-3-2-4-14(12)15/h2-5,10-11,13H,6-9,16H2,1H3. The Labute approximate surface area is 108 Å². The fourth-order valence-electron chi connectivity index (χ4n) is 3.04. The van der Waals surface area contributed by atoms with Crippen molar-refractivity contribution in [3.8, 4) is 0 Å². The Bertz CT molecular complexity index is 524. The van der Waals surface area contributed by atoms with Gasteiger partial charge in [-0.15, -0.1) is 0 Å². The number of fused-ring (bicyclic) bond motifs is 1. The molecule has 0 radical (unpaired) electrons. The molecule has 96 valence electrons. The van der Waals surface area contributed by atoms with Gasteiger partial charge in [-0.2, -0.15) is 0 Å². The van der Waals surface area contributed by atoms with Crippen molar-refractivity contribution in [3.63, 3.8) is 0 Å². The number of likely N-dealkylation sites (tertiary alicyclic amines) is 1. The number of furan rings is 1. The third kappa shape index (κ3) is 2.28. The van der Waals surface area contributed by atoms with Gasteiger partial charge in [-0.3, -0.25) is 4.90 Å². The van der Waals surface area contributed by atoms with E-state index in [9.17, 15) is 0 Å². The van der Waals surface area contributed by atoms with Crippen molar-refractivity contribution >= 4 is 11.0 Å². The molecule has 1 aliphatic rings. The first-order valence-corrected chi connectivity index (χ1v) is 6.65. The molecule has 0 bridgehead atoms. The Balaban J connectivity index is 1.79. The van der Waals surface area contributed by atoms with Gasteiger partial charge in [0.05, 0.1) is 6.26 Å². The molecule has 3 nitrogen and oxygen atoms in total. The molecule has 0 aliphatic carbocycles. The predicted octanol–water partition coefficient (Wildman–Crippen LogP) is 2.60. The van der Waals surface area contributed by atoms with Crippen LogP contribution in [0.4, 0.5) is 0 Å². The molecule has 18 heavy (non-hydrogen) atoms. The van der Waals surface area contributed by atoms with E-state index in [0.717, 1.165) is 31.6 Å². The average Bonchev–Trinajstić information content (AvgIpc) is 2.72. The van der Waals surface area contributed by atoms with Gasteiger partial charge in [0.2, 0.25) is 0 Å². The van der Waals surface area contributed by atoms with Crippen LogP contribution in [0.1, 0.15) is 18.9 Å². The Morgan fingerprint density at radius 2 is 2.17 bits per heavy atom. The van der Waals surface area contributed by atoms with E-state index < -0.39 is 0 Å². The number of benzene rings is 1. The van der Waals surface area contributed by atoms with E-state index in [1.54, 1.807) is 0 Å². The molecule has 0 amide bonds. The summed E-state index contributed by atoms with van der Waals surface area (Å²) in [5, 5.41) is 1.23. The highest BCUT2D eigenvalue weighted by atomic mass is 16.3. The minimum atomic E-state index is 0.312. The van der Waals surface area contributed by atoms with Crippen LogP contribution in [0.5, 0.6) is 0 Å². The first kappa shape index (κ1) is 11.8. The van der Waals surface area contributed by atoms with Crippen LogP contribution in [-0.2, 0) is 6.54 Å². The molecule has 1 aromatic heterocycles. The molecular formula is C15H20N2O. The summed E-state index contributed by atoms with van der Waals surface area (Å²) in [4.78, 5) is 2.44. The summed E-state index contributed by atoms with van der Waals surface area (Å²) in [5.74, 6) is 0.687. The highest BCUT2D eigenvalue weighted by molar-refractivity contribution is 5.80. The largest absolute Gasteiger partial charge is 0.464 e. The van der Waals surface area contributed by atoms with Gasteiger partial charge in [-0.25, -0.2) is 0 Å². The van der Waals surface area contributed by atoms with Crippen molar-refractivity contribution in [2.24, 2.45) is 11.7 Å². The molecular weight excluding hydrogens is 224 g/mol. The average molecular weight is 244 g/mol. The molecule has 2 N–H and O–H groups in total. The fraction of sp³-hybridized carbons (Fsp3) is 0.467. The molecule has 0 spiro atoms. The third-order valence-corrected chi connectivity index (χ3v) is 3.72. The lowest BCUT2D eigenvalue weighted by Gasteiger charge is -2.34. The van der Waals surface area contributed by atoms with E-state index in [2.05, 4.69) is 24.0 Å². The van der Waals surface area contributed by atoms with Crippen molar-refractivity contribution in [2.45, 2.75) is 25.9 Å². The lowest BCUT2D eigenvalue weighted by Crippen LogP contribution is -2.45. The normalized spacial score (nSPS) is 25.7. The van der Waals surface area contributed by atoms with Crippen LogP contribution in [0.25, 0.3) is 11.0 Å². The van der Waals surface area contributed by atoms with Crippen LogP contribution in [0.2, 0.25) is 0 Å². The Hall–Kier alpha value is -1.32. The van der Waals surface area contributed by atoms with Crippen molar-refractivity contribution in [3.05, 3.63) is 36.1 Å². The van der Waals surface area contributed by atoms with Crippen molar-refractivity contribution < 1.29 is 4.42 Å². The zero-order valence-corrected chi connectivity index (χ0v) is 10.8. The molecule has 2 heterocycles. The third-order valence-electron chi connectivity index (χ3n) is 3.72. The maximum Gasteiger partial charge on any atom is 0.134 e. The van der Waals surface area contributed by atoms with Crippen molar-refractivity contribution in [2.75, 3.05) is 13.1 Å². The second kappa shape index (κ2) is 4.75. The van der Waals surface area contributed by atoms with Crippen molar-refractivity contribution in [1.29, 1.82) is 0 Å². The summed E-state index contributed by atoms with van der Waals surface area (Å²) in [5.41, 5.74) is 8.34. The maximum atomic E-state index is 6.09. The molecule has 0 saturated carbocycles. The summed E-state index contributed by atoms with van der Waals surface area (Å²) in [7, 11) is 0. The maximum absolute atomic E-state index is 6.09. The quantitative estimate of drug-likeness (QED) is 0.883. The van der Waals surface area contributed by atoms with E-state index in [0.29, 0.717) is 12.0 Å². The lowest BCUT2D eigenvalue weighted by molar-refractivity contribution is 0.158. The highest BCUT2D eigenvalue weighted by Crippen LogP contribution is 2.24. The van der Waals surface area contributed by atoms with Crippen LogP contribution in [-0.4, -0.2) is 24.0 Å². The zero-order chi connectivity index (χ0) is 12.5. The van der Waals surface area contributed by atoms with Gasteiger partial charge < -0.3 is 10.2 Å². The number of hydrogen-bond donors (Lipinski definition) is 1. The molecule has 1 fully saturated rings. The van der Waals surface area contributed by atoms with E-state index in [1.165, 1.54) is 10.9 Å². The number of hydrogen-bond acceptors (Lipinski definition) is 3. The summed E-state index contributed by atoms with van der Waals surface area (Å²) < 4.78 is 5.59. The minimum absolute atomic E-state index is 0.312. The first-order valence-electron chi connectivity index (χ1n) is 6.65. The van der Waals surface area contributed by atoms with Crippen LogP contribution in [0, 0.1) is 5.92 Å². The van der Waals surface area contributed by atoms with Crippen LogP contribution in [0.15, 0.2) is 34.9 Å². The van der Waals surface area contributed by atoms with Gasteiger partial charge in [0, 0.05) is 36.6 Å². The van der Waals surface area contributed by atoms with Gasteiger partial charge in [0.1, 0.15) is 5.58 Å². The molecule has 2 aromatic rings. The van der Waals surface area contributed by atoms with Crippen LogP contribution in [0.3, 0.4) is 0 Å². The number of nitrogens with two attached hydrogens (primary N) is 1. The Morgan fingerprint density at radius 1 is 1.33 bits per heavy atom. The summed E-state index contributed by atoms with van der Waals surface area (Å²) in [6.07, 6.45) is 3.03. The van der Waals surface area contributed by atoms with E-state index in [1.807, 2.05) is 18.4 Å². The molecule has 2 atom stereocenters. The summed E-state index contributed by atoms with van der Waals surface area (Å²) in [6.45, 7) is 5.34. The number of piperidine rings is 1. The number of nitrogens with zero attached hydrogens (tertiary/aromatic N) is 1. The van der Waals surface area contributed by atoms with E-state index >= 15 is 0 Å². The monoisotopic (exact) mass is 244 g/mol. The Kier molecular flexibility index (Phi) is 3.10. The van der Waals surface area contributed by atoms with Gasteiger partial charge in [-0.05, 0) is 18.4 Å². The minimum Gasteiger partial charge on any atom is -0.464 e. The number of rotatable bonds is 2. The van der Waals surface area contributed by atoms with Crippen molar-refractivity contribution in [1.82, 2.24) is 4.90 Å². The lowest BCUT2D eigenvalue weighted by atomic mass is 9.96. The zero-order valence-electron chi connectivity index (χ0n) is 10.8. The summed E-state index contributed by atoms with van der Waals surface area (Å²) in [6, 6.07) is 8.53. The molecule has 1 aliphatic heterocycles. The molecule has 1 aromatic carbocycles. The van der Waals surface area contributed by atoms with Gasteiger partial charge in [0.25, 0.3) is 0 Å². The van der Waals surface area contributed by atoms with E-state index in [-0.39, 0.29) is 0 Å². The van der Waals surface area contributed by atoms with Gasteiger partial charge in [-0.1, -0.05) is 25.1 Å². The molecule has 1 saturated heterocycles. The topological polar surface area (TPSA) is 42.4 Å². The van der Waals surface area contributed by atoms with Crippen LogP contribution >= 0.6 is 0 Å². The SMILES string of the molecule is CC1CC(N)CN(Cc2coc3ccccc23)C1. The predicted molar refractivity (Wildman–Crippen MR) is 73.2 cm³/mol. The van der Waals surface area contributed by atoms with E-state index in [4.69, 9.17) is 10.2 Å². The Morgan fingerprint density at radius 3 is 3.00 bits per heavy atom. The number of para-hydroxylation sites is 1. The highest BCUT2D eigenvalue weighted by Gasteiger charge is 2.22. The molecule has 3 rings (SSSR count). The molecule has 2 unspecified atom stereocenters. The van der Waals surface area contributed by atoms with Gasteiger partial charge >= 0.3 is 0 Å². The molecule has 3 heteroatoms. The second-order valence-electron chi connectivity index (χ2n) is 5.55. The first-order chi connectivity index (χ1) is 8.72. The van der Waals surface area contributed by atoms with Gasteiger partial charge in [0.15, 0.2) is 0 Å². The second-order valence-corrected chi connectivity index (χ2v) is 5.55.